The lowest BCUT2D eigenvalue weighted by Gasteiger charge is -2.64. The molecule has 0 aromatic carbocycles. The van der Waals surface area contributed by atoms with Crippen molar-refractivity contribution in [1.82, 2.24) is 0 Å². The summed E-state index contributed by atoms with van der Waals surface area (Å²) >= 11 is 0. The Morgan fingerprint density at radius 1 is 0.607 bits per heavy atom. The molecule has 0 aliphatic heterocycles. The van der Waals surface area contributed by atoms with Crippen molar-refractivity contribution >= 4 is 11.9 Å². The van der Waals surface area contributed by atoms with E-state index in [1.807, 2.05) is 0 Å². The molecule has 8 nitrogen and oxygen atoms in total. The average molecular weight is 783 g/mol. The lowest BCUT2D eigenvalue weighted by Crippen LogP contribution is -2.61. The van der Waals surface area contributed by atoms with Gasteiger partial charge in [0.2, 0.25) is 0 Å². The van der Waals surface area contributed by atoms with Gasteiger partial charge in [0.25, 0.3) is 0 Å². The maximum atomic E-state index is 13.0. The number of aliphatic hydroxyl groups excluding tert-OH is 3. The number of hydrogen-bond acceptors (Lipinski definition) is 6. The number of carboxylic acids is 2. The van der Waals surface area contributed by atoms with Gasteiger partial charge in [-0.05, 0) is 202 Å². The molecule has 0 spiro atoms. The molecule has 21 atom stereocenters. The van der Waals surface area contributed by atoms with Crippen LogP contribution in [-0.2, 0) is 9.59 Å². The molecular formula is C48H78O8. The molecule has 6 N–H and O–H groups in total. The Hall–Kier alpha value is -1.22. The maximum Gasteiger partial charge on any atom is 0.303 e. The van der Waals surface area contributed by atoms with E-state index in [-0.39, 0.29) is 82.2 Å². The lowest BCUT2D eigenvalue weighted by molar-refractivity contribution is -0.206. The van der Waals surface area contributed by atoms with Crippen LogP contribution in [0.15, 0.2) is 0 Å². The first-order chi connectivity index (χ1) is 26.3. The molecule has 0 aromatic rings. The fourth-order valence-corrected chi connectivity index (χ4v) is 18.5. The molecule has 6 unspecified atom stereocenters. The molecule has 8 rings (SSSR count). The van der Waals surface area contributed by atoms with Crippen molar-refractivity contribution in [2.24, 2.45) is 98.6 Å². The van der Waals surface area contributed by atoms with E-state index >= 15 is 0 Å². The number of hydrogen-bond donors (Lipinski definition) is 6. The van der Waals surface area contributed by atoms with Crippen LogP contribution in [0.25, 0.3) is 0 Å². The van der Waals surface area contributed by atoms with E-state index in [9.17, 15) is 40.2 Å². The van der Waals surface area contributed by atoms with Crippen LogP contribution >= 0.6 is 0 Å². The summed E-state index contributed by atoms with van der Waals surface area (Å²) in [4.78, 5) is 24.2. The third-order valence-electron chi connectivity index (χ3n) is 21.4. The zero-order chi connectivity index (χ0) is 40.3. The summed E-state index contributed by atoms with van der Waals surface area (Å²) in [6, 6.07) is 0. The first kappa shape index (κ1) is 41.5. The Kier molecular flexibility index (Phi) is 10.7. The van der Waals surface area contributed by atoms with E-state index in [0.29, 0.717) is 67.1 Å². The van der Waals surface area contributed by atoms with E-state index in [1.54, 1.807) is 0 Å². The normalized spacial score (nSPS) is 53.9. The summed E-state index contributed by atoms with van der Waals surface area (Å²) in [7, 11) is 0. The third kappa shape index (κ3) is 6.31. The highest BCUT2D eigenvalue weighted by Gasteiger charge is 2.67. The van der Waals surface area contributed by atoms with E-state index in [2.05, 4.69) is 41.5 Å². The molecule has 8 fully saturated rings. The molecule has 8 saturated carbocycles. The van der Waals surface area contributed by atoms with E-state index < -0.39 is 23.6 Å². The van der Waals surface area contributed by atoms with Gasteiger partial charge in [0.05, 0.1) is 30.3 Å². The second-order valence-electron chi connectivity index (χ2n) is 23.3. The Bertz CT molecular complexity index is 1500. The summed E-state index contributed by atoms with van der Waals surface area (Å²) < 4.78 is 0. The molecule has 318 valence electrons. The first-order valence-electron chi connectivity index (χ1n) is 23.5. The van der Waals surface area contributed by atoms with E-state index in [4.69, 9.17) is 0 Å². The van der Waals surface area contributed by atoms with Gasteiger partial charge in [0, 0.05) is 12.3 Å². The second kappa shape index (κ2) is 14.5. The molecule has 56 heavy (non-hydrogen) atoms. The van der Waals surface area contributed by atoms with Gasteiger partial charge >= 0.3 is 11.9 Å². The van der Waals surface area contributed by atoms with Crippen LogP contribution in [0.2, 0.25) is 0 Å². The van der Waals surface area contributed by atoms with Crippen LogP contribution in [0, 0.1) is 98.6 Å². The number of carbonyl (C=O) groups is 2. The quantitative estimate of drug-likeness (QED) is 0.136. The SMILES string of the molecule is C[C@H](CCC(=O)O)[C@H]1CCC2C3C(CC[C@@]21C)[C@@]1(C)CC[C@@](O)(C(CC(=O)O)[C@@H](C)[C@H]2CC[C@H]4[C@@H]5[C@@H](O)CC6C[C@@H](O)CC[C@]6(C)[C@H]5CC[C@]24C)CC1C[C@@H]3O. The molecule has 0 saturated heterocycles. The summed E-state index contributed by atoms with van der Waals surface area (Å²) in [5.41, 5.74) is -0.853. The van der Waals surface area contributed by atoms with Crippen LogP contribution in [0.4, 0.5) is 0 Å². The molecule has 8 heteroatoms. The number of rotatable bonds is 9. The average Bonchev–Trinajstić information content (AvgIpc) is 3.67. The zero-order valence-corrected chi connectivity index (χ0v) is 35.7. The van der Waals surface area contributed by atoms with Gasteiger partial charge in [-0.25, -0.2) is 0 Å². The van der Waals surface area contributed by atoms with Crippen LogP contribution in [0.1, 0.15) is 164 Å². The summed E-state index contributed by atoms with van der Waals surface area (Å²) in [6.45, 7) is 14.3. The Labute approximate surface area is 337 Å². The molecule has 0 amide bonds. The van der Waals surface area contributed by atoms with Crippen LogP contribution in [-0.4, -0.2) is 66.5 Å². The zero-order valence-electron chi connectivity index (χ0n) is 35.7. The highest BCUT2D eigenvalue weighted by atomic mass is 16.4. The van der Waals surface area contributed by atoms with Gasteiger partial charge < -0.3 is 30.6 Å². The van der Waals surface area contributed by atoms with Crippen molar-refractivity contribution < 1.29 is 40.2 Å². The Morgan fingerprint density at radius 3 is 1.71 bits per heavy atom. The number of carboxylic acid groups (broad SMARTS) is 2. The minimum absolute atomic E-state index is 0.00938. The first-order valence-corrected chi connectivity index (χ1v) is 23.5. The van der Waals surface area contributed by atoms with Gasteiger partial charge in [-0.2, -0.15) is 0 Å². The molecule has 0 radical (unpaired) electrons. The van der Waals surface area contributed by atoms with Crippen molar-refractivity contribution in [3.8, 4) is 0 Å². The molecule has 8 aliphatic rings. The molecular weight excluding hydrogens is 705 g/mol. The minimum Gasteiger partial charge on any atom is -0.481 e. The maximum absolute atomic E-state index is 13.0. The van der Waals surface area contributed by atoms with Crippen molar-refractivity contribution in [3.63, 3.8) is 0 Å². The van der Waals surface area contributed by atoms with E-state index in [0.717, 1.165) is 83.5 Å². The van der Waals surface area contributed by atoms with Gasteiger partial charge in [0.15, 0.2) is 0 Å². The standard InChI is InChI=1S/C48H78O8/c1-26(7-12-40(52)53)31-8-10-33-42-36(14-17-46(31,33)5)45(4)19-20-48(56,25-29(45)23-39(42)51)37(24-41(54)55)27(2)32-9-11-34-43-35(15-18-47(32,34)6)44(3)16-13-30(49)21-28(44)22-38(43)50/h26-39,42-43,49-51,56H,7-25H2,1-6H3,(H,52,53)(H,54,55)/t26-,27+,28?,29?,30+,31-,32-,33?,34+,35+,36?,37?,38+,39+,42?,43+,44+,45+,46-,47-,48+/m1/s1. The number of aliphatic hydroxyl groups is 4. The van der Waals surface area contributed by atoms with Crippen molar-refractivity contribution in [3.05, 3.63) is 0 Å². The fourth-order valence-electron chi connectivity index (χ4n) is 18.5. The lowest BCUT2D eigenvalue weighted by atomic mass is 9.42. The van der Waals surface area contributed by atoms with E-state index in [1.165, 1.54) is 0 Å². The monoisotopic (exact) mass is 783 g/mol. The van der Waals surface area contributed by atoms with Crippen LogP contribution in [0.5, 0.6) is 0 Å². The summed E-state index contributed by atoms with van der Waals surface area (Å²) in [5.74, 6) is 1.85. The highest BCUT2D eigenvalue weighted by molar-refractivity contribution is 5.67. The molecule has 0 bridgehead atoms. The van der Waals surface area contributed by atoms with Gasteiger partial charge in [0.1, 0.15) is 0 Å². The smallest absolute Gasteiger partial charge is 0.303 e. The van der Waals surface area contributed by atoms with Gasteiger partial charge in [-0.1, -0.05) is 41.5 Å². The Balaban J connectivity index is 1.00. The minimum atomic E-state index is -1.10. The Morgan fingerprint density at radius 2 is 1.12 bits per heavy atom. The predicted molar refractivity (Wildman–Crippen MR) is 215 cm³/mol. The third-order valence-corrected chi connectivity index (χ3v) is 21.4. The number of aliphatic carboxylic acids is 2. The summed E-state index contributed by atoms with van der Waals surface area (Å²) in [6.07, 6.45) is 14.7. The van der Waals surface area contributed by atoms with Crippen molar-refractivity contribution in [1.29, 1.82) is 0 Å². The predicted octanol–water partition coefficient (Wildman–Crippen LogP) is 8.57. The van der Waals surface area contributed by atoms with Gasteiger partial charge in [-0.3, -0.25) is 9.59 Å². The topological polar surface area (TPSA) is 156 Å². The fraction of sp³-hybridized carbons (Fsp3) is 0.958. The number of fused-ring (bicyclic) bond motifs is 10. The molecule has 0 heterocycles. The summed E-state index contributed by atoms with van der Waals surface area (Å²) in [5, 5.41) is 67.3. The van der Waals surface area contributed by atoms with Gasteiger partial charge in [-0.15, -0.1) is 0 Å². The van der Waals surface area contributed by atoms with Crippen LogP contribution < -0.4 is 0 Å². The molecule has 8 aliphatic carbocycles. The second-order valence-corrected chi connectivity index (χ2v) is 23.3. The highest BCUT2D eigenvalue weighted by Crippen LogP contribution is 2.72. The largest absolute Gasteiger partial charge is 0.481 e. The van der Waals surface area contributed by atoms with Crippen molar-refractivity contribution in [2.75, 3.05) is 0 Å². The van der Waals surface area contributed by atoms with Crippen LogP contribution in [0.3, 0.4) is 0 Å². The molecule has 0 aromatic heterocycles. The van der Waals surface area contributed by atoms with Crippen molar-refractivity contribution in [2.45, 2.75) is 187 Å².